The van der Waals surface area contributed by atoms with Gasteiger partial charge in [-0.05, 0) is 37.1 Å². The number of benzene rings is 2. The molecule has 0 aliphatic rings. The zero-order chi connectivity index (χ0) is 16.9. The Bertz CT molecular complexity index is 838. The number of hydrogen-bond donors (Lipinski definition) is 1. The minimum absolute atomic E-state index is 0.0668. The Morgan fingerprint density at radius 1 is 1.12 bits per heavy atom. The maximum atomic E-state index is 12.1. The Labute approximate surface area is 141 Å². The first-order valence-corrected chi connectivity index (χ1v) is 7.94. The number of nitrogens with one attached hydrogen (secondary N) is 1. The molecule has 24 heavy (non-hydrogen) atoms. The summed E-state index contributed by atoms with van der Waals surface area (Å²) in [5.74, 6) is 0.468. The third-order valence-corrected chi connectivity index (χ3v) is 3.89. The average Bonchev–Trinajstić information content (AvgIpc) is 3.03. The van der Waals surface area contributed by atoms with Crippen molar-refractivity contribution >= 4 is 5.91 Å². The van der Waals surface area contributed by atoms with Gasteiger partial charge in [-0.15, -0.1) is 0 Å². The molecule has 0 atom stereocenters. The maximum Gasteiger partial charge on any atom is 0.226 e. The van der Waals surface area contributed by atoms with E-state index >= 15 is 0 Å². The van der Waals surface area contributed by atoms with E-state index in [0.29, 0.717) is 18.1 Å². The van der Waals surface area contributed by atoms with Gasteiger partial charge in [0.25, 0.3) is 0 Å². The van der Waals surface area contributed by atoms with Crippen molar-refractivity contribution in [3.8, 4) is 11.5 Å². The molecule has 4 nitrogen and oxygen atoms in total. The number of amides is 1. The van der Waals surface area contributed by atoms with E-state index in [1.54, 1.807) is 6.26 Å². The number of carbonyl (C=O) groups is 1. The molecule has 1 amide bonds. The molecule has 0 fully saturated rings. The highest BCUT2D eigenvalue weighted by Gasteiger charge is 2.10. The van der Waals surface area contributed by atoms with Crippen LogP contribution in [0.3, 0.4) is 0 Å². The maximum absolute atomic E-state index is 12.1. The molecule has 0 aliphatic carbocycles. The SMILES string of the molecule is Cc1ccc(CNC(=O)Cc2coc(-c3ccccc3)n2)c(C)c1. The molecule has 1 N–H and O–H groups in total. The first kappa shape index (κ1) is 16.0. The highest BCUT2D eigenvalue weighted by Crippen LogP contribution is 2.18. The Balaban J connectivity index is 1.58. The van der Waals surface area contributed by atoms with Gasteiger partial charge in [-0.2, -0.15) is 0 Å². The van der Waals surface area contributed by atoms with E-state index < -0.39 is 0 Å². The Morgan fingerprint density at radius 3 is 2.67 bits per heavy atom. The molecule has 0 saturated heterocycles. The van der Waals surface area contributed by atoms with E-state index in [1.807, 2.05) is 30.3 Å². The molecule has 3 aromatic rings. The molecule has 2 aromatic carbocycles. The number of nitrogens with zero attached hydrogens (tertiary/aromatic N) is 1. The van der Waals surface area contributed by atoms with Gasteiger partial charge < -0.3 is 9.73 Å². The van der Waals surface area contributed by atoms with Gasteiger partial charge in [0.1, 0.15) is 6.26 Å². The summed E-state index contributed by atoms with van der Waals surface area (Å²) in [4.78, 5) is 16.5. The molecule has 0 bridgehead atoms. The van der Waals surface area contributed by atoms with Crippen molar-refractivity contribution in [1.82, 2.24) is 10.3 Å². The highest BCUT2D eigenvalue weighted by molar-refractivity contribution is 5.78. The molecule has 0 spiro atoms. The van der Waals surface area contributed by atoms with E-state index in [0.717, 1.165) is 11.1 Å². The lowest BCUT2D eigenvalue weighted by Crippen LogP contribution is -2.25. The van der Waals surface area contributed by atoms with E-state index in [1.165, 1.54) is 11.1 Å². The second kappa shape index (κ2) is 7.13. The highest BCUT2D eigenvalue weighted by atomic mass is 16.3. The number of hydrogen-bond acceptors (Lipinski definition) is 3. The largest absolute Gasteiger partial charge is 0.444 e. The fraction of sp³-hybridized carbons (Fsp3) is 0.200. The van der Waals surface area contributed by atoms with E-state index in [4.69, 9.17) is 4.42 Å². The van der Waals surface area contributed by atoms with Gasteiger partial charge in [0.2, 0.25) is 11.8 Å². The molecule has 0 saturated carbocycles. The van der Waals surface area contributed by atoms with Crippen molar-refractivity contribution in [2.24, 2.45) is 0 Å². The number of aromatic nitrogens is 1. The lowest BCUT2D eigenvalue weighted by molar-refractivity contribution is -0.120. The molecule has 0 aliphatic heterocycles. The summed E-state index contributed by atoms with van der Waals surface area (Å²) >= 11 is 0. The number of aryl methyl sites for hydroxylation is 2. The standard InChI is InChI=1S/C20H20N2O2/c1-14-8-9-17(15(2)10-14)12-21-19(23)11-18-13-24-20(22-18)16-6-4-3-5-7-16/h3-10,13H,11-12H2,1-2H3,(H,21,23). The van der Waals surface area contributed by atoms with Gasteiger partial charge in [-0.3, -0.25) is 4.79 Å². The zero-order valence-corrected chi connectivity index (χ0v) is 13.9. The minimum Gasteiger partial charge on any atom is -0.444 e. The van der Waals surface area contributed by atoms with E-state index in [9.17, 15) is 4.79 Å². The quantitative estimate of drug-likeness (QED) is 0.777. The first-order valence-electron chi connectivity index (χ1n) is 7.94. The van der Waals surface area contributed by atoms with Crippen molar-refractivity contribution in [1.29, 1.82) is 0 Å². The molecular formula is C20H20N2O2. The first-order chi connectivity index (χ1) is 11.6. The smallest absolute Gasteiger partial charge is 0.226 e. The second-order valence-electron chi connectivity index (χ2n) is 5.89. The summed E-state index contributed by atoms with van der Waals surface area (Å²) in [6.07, 6.45) is 1.75. The van der Waals surface area contributed by atoms with Crippen LogP contribution in [0, 0.1) is 13.8 Å². The third kappa shape index (κ3) is 3.90. The molecule has 1 heterocycles. The van der Waals surface area contributed by atoms with Crippen molar-refractivity contribution < 1.29 is 9.21 Å². The summed E-state index contributed by atoms with van der Waals surface area (Å²) in [5.41, 5.74) is 5.06. The molecule has 122 valence electrons. The Morgan fingerprint density at radius 2 is 1.92 bits per heavy atom. The lowest BCUT2D eigenvalue weighted by Gasteiger charge is -2.08. The molecule has 4 heteroatoms. The second-order valence-corrected chi connectivity index (χ2v) is 5.89. The lowest BCUT2D eigenvalue weighted by atomic mass is 10.1. The predicted molar refractivity (Wildman–Crippen MR) is 93.4 cm³/mol. The summed E-state index contributed by atoms with van der Waals surface area (Å²) in [5, 5.41) is 2.94. The molecule has 3 rings (SSSR count). The van der Waals surface area contributed by atoms with Crippen molar-refractivity contribution in [3.05, 3.63) is 77.2 Å². The van der Waals surface area contributed by atoms with Crippen LogP contribution in [0.5, 0.6) is 0 Å². The summed E-state index contributed by atoms with van der Waals surface area (Å²) in [6.45, 7) is 4.64. The molecule has 0 unspecified atom stereocenters. The van der Waals surface area contributed by atoms with Gasteiger partial charge in [0, 0.05) is 12.1 Å². The number of oxazole rings is 1. The van der Waals surface area contributed by atoms with Gasteiger partial charge in [0.05, 0.1) is 12.1 Å². The van der Waals surface area contributed by atoms with Crippen LogP contribution < -0.4 is 5.32 Å². The number of carbonyl (C=O) groups excluding carboxylic acids is 1. The number of rotatable bonds is 5. The summed E-state index contributed by atoms with van der Waals surface area (Å²) in [7, 11) is 0. The fourth-order valence-corrected chi connectivity index (χ4v) is 2.57. The van der Waals surface area contributed by atoms with Crippen molar-refractivity contribution in [3.63, 3.8) is 0 Å². The van der Waals surface area contributed by atoms with Gasteiger partial charge in [-0.1, -0.05) is 42.0 Å². The van der Waals surface area contributed by atoms with Gasteiger partial charge in [-0.25, -0.2) is 4.98 Å². The van der Waals surface area contributed by atoms with Crippen LogP contribution in [0.25, 0.3) is 11.5 Å². The zero-order valence-electron chi connectivity index (χ0n) is 13.9. The topological polar surface area (TPSA) is 55.1 Å². The van der Waals surface area contributed by atoms with E-state index in [2.05, 4.69) is 42.3 Å². The Hall–Kier alpha value is -2.88. The fourth-order valence-electron chi connectivity index (χ4n) is 2.57. The normalized spacial score (nSPS) is 10.6. The Kier molecular flexibility index (Phi) is 4.75. The average molecular weight is 320 g/mol. The van der Waals surface area contributed by atoms with Gasteiger partial charge in [0.15, 0.2) is 0 Å². The minimum atomic E-state index is -0.0668. The molecule has 1 aromatic heterocycles. The van der Waals surface area contributed by atoms with Crippen LogP contribution in [-0.4, -0.2) is 10.9 Å². The third-order valence-electron chi connectivity index (χ3n) is 3.89. The van der Waals surface area contributed by atoms with Crippen LogP contribution >= 0.6 is 0 Å². The van der Waals surface area contributed by atoms with Gasteiger partial charge >= 0.3 is 0 Å². The van der Waals surface area contributed by atoms with Crippen LogP contribution in [0.1, 0.15) is 22.4 Å². The monoisotopic (exact) mass is 320 g/mol. The molecular weight excluding hydrogens is 300 g/mol. The predicted octanol–water partition coefficient (Wildman–Crippen LogP) is 3.82. The van der Waals surface area contributed by atoms with Crippen LogP contribution in [0.2, 0.25) is 0 Å². The van der Waals surface area contributed by atoms with Crippen molar-refractivity contribution in [2.75, 3.05) is 0 Å². The van der Waals surface area contributed by atoms with Crippen LogP contribution in [0.4, 0.5) is 0 Å². The molecule has 0 radical (unpaired) electrons. The van der Waals surface area contributed by atoms with Crippen LogP contribution in [0.15, 0.2) is 59.2 Å². The van der Waals surface area contributed by atoms with Crippen molar-refractivity contribution in [2.45, 2.75) is 26.8 Å². The summed E-state index contributed by atoms with van der Waals surface area (Å²) < 4.78 is 5.46. The van der Waals surface area contributed by atoms with Crippen LogP contribution in [-0.2, 0) is 17.8 Å². The van der Waals surface area contributed by atoms with E-state index in [-0.39, 0.29) is 12.3 Å². The summed E-state index contributed by atoms with van der Waals surface area (Å²) in [6, 6.07) is 15.9.